The number of anilines is 1. The second-order valence-corrected chi connectivity index (χ2v) is 6.83. The normalized spacial score (nSPS) is 16.0. The first-order valence-corrected chi connectivity index (χ1v) is 8.39. The van der Waals surface area contributed by atoms with Crippen LogP contribution in [0.15, 0.2) is 47.3 Å². The molecule has 0 fully saturated rings. The minimum Gasteiger partial charge on any atom is -0.320 e. The summed E-state index contributed by atoms with van der Waals surface area (Å²) in [6.07, 6.45) is 0. The molecule has 4 aromatic rings. The average molecular weight is 354 g/mol. The van der Waals surface area contributed by atoms with Gasteiger partial charge >= 0.3 is 0 Å². The highest BCUT2D eigenvalue weighted by Gasteiger charge is 2.28. The molecular weight excluding hydrogens is 346 g/mol. The number of nitrogens with zero attached hydrogens (tertiary/aromatic N) is 2. The zero-order chi connectivity index (χ0) is 16.4. The van der Waals surface area contributed by atoms with E-state index < -0.39 is 0 Å². The van der Waals surface area contributed by atoms with Crippen LogP contribution in [0.2, 0.25) is 5.02 Å². The molecule has 0 aliphatic carbocycles. The summed E-state index contributed by atoms with van der Waals surface area (Å²) in [4.78, 5) is 30.4. The first-order valence-electron chi connectivity index (χ1n) is 7.19. The van der Waals surface area contributed by atoms with E-state index in [4.69, 9.17) is 11.6 Å². The van der Waals surface area contributed by atoms with E-state index in [1.807, 2.05) is 24.3 Å². The number of hydrogen-bond donors (Lipinski definition) is 1. The first kappa shape index (κ1) is 13.7. The van der Waals surface area contributed by atoms with Crippen molar-refractivity contribution in [3.8, 4) is 0 Å². The van der Waals surface area contributed by atoms with Gasteiger partial charge in [0, 0.05) is 5.56 Å². The number of benzene rings is 2. The van der Waals surface area contributed by atoms with Crippen molar-refractivity contribution >= 4 is 56.1 Å². The van der Waals surface area contributed by atoms with Crippen LogP contribution < -0.4 is 15.4 Å². The van der Waals surface area contributed by atoms with Crippen molar-refractivity contribution in [3.05, 3.63) is 67.9 Å². The number of rotatable bonds is 0. The van der Waals surface area contributed by atoms with Gasteiger partial charge in [-0.25, -0.2) is 9.38 Å². The van der Waals surface area contributed by atoms with Crippen molar-refractivity contribution in [1.82, 2.24) is 9.38 Å². The molecule has 2 aromatic heterocycles. The summed E-state index contributed by atoms with van der Waals surface area (Å²) in [7, 11) is 0. The monoisotopic (exact) mass is 353 g/mol. The van der Waals surface area contributed by atoms with Gasteiger partial charge in [0.25, 0.3) is 11.5 Å². The molecule has 1 aliphatic rings. The second-order valence-electron chi connectivity index (χ2n) is 5.45. The number of halogens is 1. The number of amides is 1. The fraction of sp³-hybridized carbons (Fsp3) is 0. The third-order valence-electron chi connectivity index (χ3n) is 4.10. The second kappa shape index (κ2) is 4.66. The maximum atomic E-state index is 12.9. The molecule has 5 nitrogen and oxygen atoms in total. The van der Waals surface area contributed by atoms with E-state index in [0.29, 0.717) is 31.3 Å². The van der Waals surface area contributed by atoms with Gasteiger partial charge in [0.1, 0.15) is 4.53 Å². The smallest absolute Gasteiger partial charge is 0.275 e. The number of fused-ring (bicyclic) bond motifs is 4. The molecule has 1 N–H and O–H groups in total. The largest absolute Gasteiger partial charge is 0.320 e. The van der Waals surface area contributed by atoms with Crippen LogP contribution >= 0.6 is 22.9 Å². The molecular formula is C17H8ClN3O2S. The van der Waals surface area contributed by atoms with Crippen molar-refractivity contribution in [2.24, 2.45) is 0 Å². The SMILES string of the molecule is O=C1Nc2c(Cl)cccc2/C1=c1/sc2nc3ccccc3n2c1=O. The molecule has 1 amide bonds. The fourth-order valence-corrected chi connectivity index (χ4v) is 4.35. The molecule has 2 aromatic carbocycles. The summed E-state index contributed by atoms with van der Waals surface area (Å²) in [5, 5.41) is 3.20. The maximum Gasteiger partial charge on any atom is 0.275 e. The Kier molecular flexibility index (Phi) is 2.66. The molecule has 116 valence electrons. The van der Waals surface area contributed by atoms with Gasteiger partial charge in [-0.05, 0) is 18.2 Å². The van der Waals surface area contributed by atoms with Gasteiger partial charge in [-0.3, -0.25) is 9.59 Å². The summed E-state index contributed by atoms with van der Waals surface area (Å²) >= 11 is 7.36. The van der Waals surface area contributed by atoms with E-state index in [0.717, 1.165) is 11.0 Å². The maximum absolute atomic E-state index is 12.9. The minimum absolute atomic E-state index is 0.235. The predicted molar refractivity (Wildman–Crippen MR) is 94.7 cm³/mol. The van der Waals surface area contributed by atoms with E-state index >= 15 is 0 Å². The highest BCUT2D eigenvalue weighted by molar-refractivity contribution is 7.15. The van der Waals surface area contributed by atoms with E-state index in [9.17, 15) is 9.59 Å². The zero-order valence-electron chi connectivity index (χ0n) is 12.0. The lowest BCUT2D eigenvalue weighted by molar-refractivity contribution is -0.110. The van der Waals surface area contributed by atoms with Gasteiger partial charge in [0.2, 0.25) is 0 Å². The zero-order valence-corrected chi connectivity index (χ0v) is 13.6. The van der Waals surface area contributed by atoms with Crippen molar-refractivity contribution in [1.29, 1.82) is 0 Å². The topological polar surface area (TPSA) is 63.5 Å². The molecule has 0 saturated heterocycles. The minimum atomic E-state index is -0.316. The van der Waals surface area contributed by atoms with Crippen molar-refractivity contribution in [3.63, 3.8) is 0 Å². The Morgan fingerprint density at radius 1 is 1.08 bits per heavy atom. The number of nitrogens with one attached hydrogen (secondary N) is 1. The summed E-state index contributed by atoms with van der Waals surface area (Å²) < 4.78 is 1.93. The van der Waals surface area contributed by atoms with E-state index in [1.165, 1.54) is 11.3 Å². The first-order chi connectivity index (χ1) is 11.6. The Hall–Kier alpha value is -2.70. The number of thiazole rings is 1. The standard InChI is InChI=1S/C17H8ClN3O2S/c18-9-5-3-4-8-12(15(22)20-13(8)9)14-16(23)21-11-7-2-1-6-10(11)19-17(21)24-14/h1-7H,(H,20,22)/b14-12-. The van der Waals surface area contributed by atoms with Crippen LogP contribution in [0.3, 0.4) is 0 Å². The summed E-state index contributed by atoms with van der Waals surface area (Å²) in [6, 6.07) is 12.7. The number of imidazole rings is 1. The third-order valence-corrected chi connectivity index (χ3v) is 5.45. The Morgan fingerprint density at radius 3 is 2.79 bits per heavy atom. The Labute approximate surface area is 143 Å². The lowest BCUT2D eigenvalue weighted by atomic mass is 10.1. The van der Waals surface area contributed by atoms with Gasteiger partial charge in [0.05, 0.1) is 27.3 Å². The van der Waals surface area contributed by atoms with Crippen LogP contribution in [-0.4, -0.2) is 15.3 Å². The van der Waals surface area contributed by atoms with E-state index in [1.54, 1.807) is 22.6 Å². The summed E-state index contributed by atoms with van der Waals surface area (Å²) in [5.41, 5.74) is 2.83. The summed E-state index contributed by atoms with van der Waals surface area (Å²) in [6.45, 7) is 0. The van der Waals surface area contributed by atoms with Crippen LogP contribution in [0.1, 0.15) is 5.56 Å². The van der Waals surface area contributed by atoms with E-state index in [-0.39, 0.29) is 11.5 Å². The highest BCUT2D eigenvalue weighted by Crippen LogP contribution is 2.35. The Bertz CT molecular complexity index is 1290. The molecule has 0 saturated carbocycles. The third kappa shape index (κ3) is 1.67. The number of aromatic nitrogens is 2. The van der Waals surface area contributed by atoms with Gasteiger partial charge in [0.15, 0.2) is 4.96 Å². The van der Waals surface area contributed by atoms with Crippen molar-refractivity contribution in [2.75, 3.05) is 5.32 Å². The van der Waals surface area contributed by atoms with Gasteiger partial charge in [-0.1, -0.05) is 47.2 Å². The summed E-state index contributed by atoms with van der Waals surface area (Å²) in [5.74, 6) is -0.316. The van der Waals surface area contributed by atoms with Crippen molar-refractivity contribution in [2.45, 2.75) is 0 Å². The predicted octanol–water partition coefficient (Wildman–Crippen LogP) is 2.43. The molecule has 0 unspecified atom stereocenters. The molecule has 0 spiro atoms. The lowest BCUT2D eigenvalue weighted by Crippen LogP contribution is -2.27. The fourth-order valence-electron chi connectivity index (χ4n) is 3.05. The quantitative estimate of drug-likeness (QED) is 0.528. The van der Waals surface area contributed by atoms with Crippen LogP contribution in [0, 0.1) is 0 Å². The molecule has 0 radical (unpaired) electrons. The molecule has 0 atom stereocenters. The van der Waals surface area contributed by atoms with E-state index in [2.05, 4.69) is 10.3 Å². The lowest BCUT2D eigenvalue weighted by Gasteiger charge is -1.98. The van der Waals surface area contributed by atoms with Crippen LogP contribution in [0.25, 0.3) is 21.6 Å². The van der Waals surface area contributed by atoms with Gasteiger partial charge < -0.3 is 5.32 Å². The van der Waals surface area contributed by atoms with Crippen LogP contribution in [0.4, 0.5) is 5.69 Å². The Balaban J connectivity index is 1.96. The van der Waals surface area contributed by atoms with Gasteiger partial charge in [-0.2, -0.15) is 0 Å². The van der Waals surface area contributed by atoms with Crippen molar-refractivity contribution < 1.29 is 4.79 Å². The molecule has 3 heterocycles. The molecule has 5 rings (SSSR count). The average Bonchev–Trinajstić information content (AvgIpc) is 3.19. The number of carbonyl (C=O) groups excluding carboxylic acids is 1. The number of carbonyl (C=O) groups is 1. The van der Waals surface area contributed by atoms with Crippen LogP contribution in [-0.2, 0) is 4.79 Å². The van der Waals surface area contributed by atoms with Gasteiger partial charge in [-0.15, -0.1) is 0 Å². The number of hydrogen-bond acceptors (Lipinski definition) is 4. The highest BCUT2D eigenvalue weighted by atomic mass is 35.5. The molecule has 24 heavy (non-hydrogen) atoms. The van der Waals surface area contributed by atoms with Crippen LogP contribution in [0.5, 0.6) is 0 Å². The number of para-hydroxylation sites is 3. The Morgan fingerprint density at radius 2 is 1.92 bits per heavy atom. The molecule has 0 bridgehead atoms. The molecule has 1 aliphatic heterocycles. The molecule has 7 heteroatoms.